The number of carbonyl (C=O) groups is 1. The lowest BCUT2D eigenvalue weighted by atomic mass is 10.1. The van der Waals surface area contributed by atoms with E-state index in [1.54, 1.807) is 6.92 Å². The van der Waals surface area contributed by atoms with Gasteiger partial charge in [-0.1, -0.05) is 15.9 Å². The molecule has 2 N–H and O–H groups in total. The Morgan fingerprint density at radius 3 is 2.60 bits per heavy atom. The van der Waals surface area contributed by atoms with Crippen molar-refractivity contribution in [2.75, 3.05) is 7.05 Å². The Bertz CT molecular complexity index is 469. The van der Waals surface area contributed by atoms with E-state index < -0.39 is 6.10 Å². The van der Waals surface area contributed by atoms with E-state index in [0.717, 1.165) is 15.8 Å². The zero-order valence-corrected chi connectivity index (χ0v) is 14.3. The van der Waals surface area contributed by atoms with Gasteiger partial charge in [-0.25, -0.2) is 0 Å². The topological polar surface area (TPSA) is 50.4 Å². The number of hydrogen-bond acceptors (Lipinski definition) is 3. The highest BCUT2D eigenvalue weighted by Crippen LogP contribution is 2.24. The molecule has 1 atom stereocenters. The first-order chi connectivity index (χ1) is 9.23. The van der Waals surface area contributed by atoms with Crippen LogP contribution in [0.2, 0.25) is 0 Å². The van der Waals surface area contributed by atoms with Gasteiger partial charge in [0.2, 0.25) is 0 Å². The van der Waals surface area contributed by atoms with Gasteiger partial charge in [0, 0.05) is 22.1 Å². The molecule has 112 valence electrons. The SMILES string of the molecule is CNCc1cc(Br)ccc1OC(C)C(=O)NC(C)(C)C. The fourth-order valence-corrected chi connectivity index (χ4v) is 2.12. The molecular weight excluding hydrogens is 320 g/mol. The molecule has 0 fully saturated rings. The molecule has 0 aliphatic carbocycles. The van der Waals surface area contributed by atoms with E-state index in [1.807, 2.05) is 46.0 Å². The minimum Gasteiger partial charge on any atom is -0.481 e. The second-order valence-corrected chi connectivity index (χ2v) is 6.70. The summed E-state index contributed by atoms with van der Waals surface area (Å²) < 4.78 is 6.78. The van der Waals surface area contributed by atoms with E-state index in [4.69, 9.17) is 4.74 Å². The third-order valence-electron chi connectivity index (χ3n) is 2.56. The summed E-state index contributed by atoms with van der Waals surface area (Å²) in [5.41, 5.74) is 0.750. The van der Waals surface area contributed by atoms with Crippen LogP contribution in [0.4, 0.5) is 0 Å². The maximum atomic E-state index is 12.0. The lowest BCUT2D eigenvalue weighted by molar-refractivity contribution is -0.128. The van der Waals surface area contributed by atoms with Crippen molar-refractivity contribution >= 4 is 21.8 Å². The number of halogens is 1. The molecule has 1 aromatic carbocycles. The van der Waals surface area contributed by atoms with Gasteiger partial charge in [-0.15, -0.1) is 0 Å². The van der Waals surface area contributed by atoms with Crippen molar-refractivity contribution in [1.82, 2.24) is 10.6 Å². The van der Waals surface area contributed by atoms with E-state index in [0.29, 0.717) is 6.54 Å². The molecule has 1 aromatic rings. The predicted octanol–water partition coefficient (Wildman–Crippen LogP) is 2.85. The van der Waals surface area contributed by atoms with E-state index in [1.165, 1.54) is 0 Å². The average Bonchev–Trinajstić information content (AvgIpc) is 2.30. The minimum atomic E-state index is -0.536. The highest BCUT2D eigenvalue weighted by atomic mass is 79.9. The third-order valence-corrected chi connectivity index (χ3v) is 3.05. The number of amides is 1. The summed E-state index contributed by atoms with van der Waals surface area (Å²) in [5.74, 6) is 0.606. The molecule has 1 unspecified atom stereocenters. The molecule has 4 nitrogen and oxygen atoms in total. The second-order valence-electron chi connectivity index (χ2n) is 5.78. The standard InChI is InChI=1S/C15H23BrN2O2/c1-10(14(19)18-15(2,3)4)20-13-7-6-12(16)8-11(13)9-17-5/h6-8,10,17H,9H2,1-5H3,(H,18,19). The van der Waals surface area contributed by atoms with Crippen LogP contribution in [0.15, 0.2) is 22.7 Å². The van der Waals surface area contributed by atoms with Crippen molar-refractivity contribution in [3.05, 3.63) is 28.2 Å². The maximum Gasteiger partial charge on any atom is 0.261 e. The van der Waals surface area contributed by atoms with Crippen LogP contribution in [0.5, 0.6) is 5.75 Å². The number of rotatable bonds is 5. The first-order valence-electron chi connectivity index (χ1n) is 6.64. The van der Waals surface area contributed by atoms with Gasteiger partial charge in [0.05, 0.1) is 0 Å². The summed E-state index contributed by atoms with van der Waals surface area (Å²) in [7, 11) is 1.88. The number of carbonyl (C=O) groups excluding carboxylic acids is 1. The van der Waals surface area contributed by atoms with Crippen molar-refractivity contribution < 1.29 is 9.53 Å². The van der Waals surface area contributed by atoms with E-state index in [2.05, 4.69) is 26.6 Å². The number of hydrogen-bond donors (Lipinski definition) is 2. The van der Waals surface area contributed by atoms with E-state index in [-0.39, 0.29) is 11.4 Å². The number of nitrogens with one attached hydrogen (secondary N) is 2. The molecule has 0 spiro atoms. The predicted molar refractivity (Wildman–Crippen MR) is 84.9 cm³/mol. The Kier molecular flexibility index (Phi) is 6.02. The Hall–Kier alpha value is -1.07. The summed E-state index contributed by atoms with van der Waals surface area (Å²) in [6.45, 7) is 8.28. The lowest BCUT2D eigenvalue weighted by Crippen LogP contribution is -2.46. The van der Waals surface area contributed by atoms with Crippen LogP contribution in [-0.4, -0.2) is 24.6 Å². The van der Waals surface area contributed by atoms with Gasteiger partial charge >= 0.3 is 0 Å². The molecule has 5 heteroatoms. The van der Waals surface area contributed by atoms with Crippen LogP contribution in [0, 0.1) is 0 Å². The van der Waals surface area contributed by atoms with Crippen LogP contribution >= 0.6 is 15.9 Å². The molecule has 1 amide bonds. The number of ether oxygens (including phenoxy) is 1. The molecule has 0 saturated carbocycles. The lowest BCUT2D eigenvalue weighted by Gasteiger charge is -2.24. The van der Waals surface area contributed by atoms with Gasteiger partial charge in [-0.3, -0.25) is 4.79 Å². The smallest absolute Gasteiger partial charge is 0.261 e. The van der Waals surface area contributed by atoms with Gasteiger partial charge < -0.3 is 15.4 Å². The van der Waals surface area contributed by atoms with Crippen molar-refractivity contribution in [3.8, 4) is 5.75 Å². The fraction of sp³-hybridized carbons (Fsp3) is 0.533. The van der Waals surface area contributed by atoms with Gasteiger partial charge in [0.15, 0.2) is 6.10 Å². The van der Waals surface area contributed by atoms with E-state index in [9.17, 15) is 4.79 Å². The summed E-state index contributed by atoms with van der Waals surface area (Å²) in [4.78, 5) is 12.0. The quantitative estimate of drug-likeness (QED) is 0.864. The first kappa shape index (κ1) is 17.0. The largest absolute Gasteiger partial charge is 0.481 e. The van der Waals surface area contributed by atoms with Crippen molar-refractivity contribution in [2.24, 2.45) is 0 Å². The molecule has 0 heterocycles. The monoisotopic (exact) mass is 342 g/mol. The van der Waals surface area contributed by atoms with Crippen LogP contribution in [0.3, 0.4) is 0 Å². The van der Waals surface area contributed by atoms with Gasteiger partial charge in [0.1, 0.15) is 5.75 Å². The van der Waals surface area contributed by atoms with Gasteiger partial charge in [-0.2, -0.15) is 0 Å². The minimum absolute atomic E-state index is 0.115. The molecule has 20 heavy (non-hydrogen) atoms. The van der Waals surface area contributed by atoms with Crippen LogP contribution < -0.4 is 15.4 Å². The van der Waals surface area contributed by atoms with E-state index >= 15 is 0 Å². The number of benzene rings is 1. The van der Waals surface area contributed by atoms with Gasteiger partial charge in [0.25, 0.3) is 5.91 Å². The summed E-state index contributed by atoms with van der Waals surface area (Å²) in [6.07, 6.45) is -0.536. The highest BCUT2D eigenvalue weighted by molar-refractivity contribution is 9.10. The van der Waals surface area contributed by atoms with Crippen LogP contribution in [0.25, 0.3) is 0 Å². The normalized spacial score (nSPS) is 12.9. The second kappa shape index (κ2) is 7.09. The Morgan fingerprint density at radius 1 is 1.40 bits per heavy atom. The van der Waals surface area contributed by atoms with Crippen LogP contribution in [0.1, 0.15) is 33.3 Å². The van der Waals surface area contributed by atoms with Crippen molar-refractivity contribution in [2.45, 2.75) is 45.9 Å². The maximum absolute atomic E-state index is 12.0. The first-order valence-corrected chi connectivity index (χ1v) is 7.44. The molecule has 1 rings (SSSR count). The summed E-state index contributed by atoms with van der Waals surface area (Å²) in [5, 5.41) is 6.00. The molecule has 0 aliphatic heterocycles. The third kappa shape index (κ3) is 5.51. The zero-order chi connectivity index (χ0) is 15.3. The zero-order valence-electron chi connectivity index (χ0n) is 12.7. The molecule has 0 saturated heterocycles. The Morgan fingerprint density at radius 2 is 2.05 bits per heavy atom. The summed E-state index contributed by atoms with van der Waals surface area (Å²) in [6, 6.07) is 5.76. The Labute approximate surface area is 129 Å². The average molecular weight is 343 g/mol. The van der Waals surface area contributed by atoms with Gasteiger partial charge in [-0.05, 0) is 52.9 Å². The molecule has 0 bridgehead atoms. The van der Waals surface area contributed by atoms with Crippen molar-refractivity contribution in [3.63, 3.8) is 0 Å². The molecule has 0 radical (unpaired) electrons. The fourth-order valence-electron chi connectivity index (χ4n) is 1.71. The summed E-state index contributed by atoms with van der Waals surface area (Å²) >= 11 is 3.44. The highest BCUT2D eigenvalue weighted by Gasteiger charge is 2.21. The molecule has 0 aromatic heterocycles. The van der Waals surface area contributed by atoms with Crippen LogP contribution in [-0.2, 0) is 11.3 Å². The van der Waals surface area contributed by atoms with Crippen molar-refractivity contribution in [1.29, 1.82) is 0 Å². The Balaban J connectivity index is 2.79. The molecule has 0 aliphatic rings. The molecular formula is C15H23BrN2O2.